The van der Waals surface area contributed by atoms with Crippen LogP contribution in [-0.4, -0.2) is 43.6 Å². The Labute approximate surface area is 157 Å². The Bertz CT molecular complexity index is 472. The number of aromatic amines is 1. The summed E-state index contributed by atoms with van der Waals surface area (Å²) in [5.41, 5.74) is 0. The summed E-state index contributed by atoms with van der Waals surface area (Å²) in [5, 5.41) is 14.2. The van der Waals surface area contributed by atoms with Gasteiger partial charge in [-0.05, 0) is 50.4 Å². The summed E-state index contributed by atoms with van der Waals surface area (Å²) >= 11 is 5.87. The number of tetrazole rings is 1. The third-order valence-corrected chi connectivity index (χ3v) is 6.40. The van der Waals surface area contributed by atoms with Crippen LogP contribution in [0, 0.1) is 11.8 Å². The van der Waals surface area contributed by atoms with Crippen LogP contribution in [0.5, 0.6) is 0 Å². The summed E-state index contributed by atoms with van der Waals surface area (Å²) in [5.74, 6) is 2.51. The zero-order valence-electron chi connectivity index (χ0n) is 15.5. The Morgan fingerprint density at radius 3 is 2.08 bits per heavy atom. The molecule has 1 heterocycles. The molecule has 2 aliphatic carbocycles. The summed E-state index contributed by atoms with van der Waals surface area (Å²) in [6.45, 7) is 2.38. The minimum Gasteiger partial charge on any atom is -0.366 e. The Morgan fingerprint density at radius 2 is 1.56 bits per heavy atom. The van der Waals surface area contributed by atoms with Crippen LogP contribution in [0.2, 0.25) is 0 Å². The fourth-order valence-electron chi connectivity index (χ4n) is 4.49. The zero-order valence-corrected chi connectivity index (χ0v) is 16.3. The average molecular weight is 364 g/mol. The molecule has 6 heteroatoms. The van der Waals surface area contributed by atoms with Crippen molar-refractivity contribution >= 4 is 17.2 Å². The van der Waals surface area contributed by atoms with Crippen LogP contribution in [0.4, 0.5) is 0 Å². The maximum atomic E-state index is 5.87. The summed E-state index contributed by atoms with van der Waals surface area (Å²) in [7, 11) is 0. The molecule has 0 spiro atoms. The van der Waals surface area contributed by atoms with Crippen molar-refractivity contribution in [2.75, 3.05) is 13.1 Å². The van der Waals surface area contributed by atoms with Crippen LogP contribution in [-0.2, 0) is 6.42 Å². The minimum atomic E-state index is 0.800. The second-order valence-corrected chi connectivity index (χ2v) is 8.46. The Balaban J connectivity index is 1.50. The van der Waals surface area contributed by atoms with Gasteiger partial charge < -0.3 is 4.90 Å². The third kappa shape index (κ3) is 6.32. The molecule has 25 heavy (non-hydrogen) atoms. The highest BCUT2D eigenvalue weighted by atomic mass is 32.1. The number of aromatic nitrogens is 4. The first-order valence-electron chi connectivity index (χ1n) is 10.3. The summed E-state index contributed by atoms with van der Waals surface area (Å²) in [4.78, 5) is 3.75. The van der Waals surface area contributed by atoms with Crippen molar-refractivity contribution in [1.29, 1.82) is 0 Å². The molecule has 0 bridgehead atoms. The molecule has 140 valence electrons. The molecule has 0 aromatic carbocycles. The maximum Gasteiger partial charge on any atom is 0.174 e. The molecular weight excluding hydrogens is 330 g/mol. The first-order chi connectivity index (χ1) is 12.3. The van der Waals surface area contributed by atoms with Gasteiger partial charge in [0.1, 0.15) is 0 Å². The zero-order chi connectivity index (χ0) is 17.3. The van der Waals surface area contributed by atoms with E-state index in [4.69, 9.17) is 12.2 Å². The van der Waals surface area contributed by atoms with Crippen LogP contribution in [0.3, 0.4) is 0 Å². The fraction of sp³-hybridized carbons (Fsp3) is 0.895. The van der Waals surface area contributed by atoms with Crippen molar-refractivity contribution in [3.63, 3.8) is 0 Å². The number of nitrogens with zero attached hydrogens (tertiary/aromatic N) is 4. The van der Waals surface area contributed by atoms with Gasteiger partial charge in [-0.2, -0.15) is 5.21 Å². The van der Waals surface area contributed by atoms with Gasteiger partial charge in [0.2, 0.25) is 0 Å². The van der Waals surface area contributed by atoms with E-state index in [0.29, 0.717) is 0 Å². The molecule has 2 fully saturated rings. The Morgan fingerprint density at radius 1 is 0.960 bits per heavy atom. The molecule has 3 rings (SSSR count). The number of H-pyrrole nitrogens is 1. The van der Waals surface area contributed by atoms with E-state index in [0.717, 1.165) is 36.9 Å². The highest BCUT2D eigenvalue weighted by molar-refractivity contribution is 7.80. The number of aryl methyl sites for hydroxylation is 1. The molecule has 5 nitrogen and oxygen atoms in total. The topological polar surface area (TPSA) is 57.7 Å². The van der Waals surface area contributed by atoms with E-state index in [1.54, 1.807) is 0 Å². The molecule has 2 saturated carbocycles. The number of nitrogens with one attached hydrogen (secondary N) is 1. The molecular formula is C19H33N5S. The van der Waals surface area contributed by atoms with E-state index < -0.39 is 0 Å². The molecule has 0 amide bonds. The monoisotopic (exact) mass is 363 g/mol. The van der Waals surface area contributed by atoms with Crippen molar-refractivity contribution in [3.8, 4) is 0 Å². The average Bonchev–Trinajstić information content (AvgIpc) is 3.16. The van der Waals surface area contributed by atoms with E-state index in [1.807, 2.05) is 0 Å². The molecule has 0 aliphatic heterocycles. The first-order valence-corrected chi connectivity index (χ1v) is 10.7. The standard InChI is InChI=1S/C19H33N5S/c25-19(13-7-12-18-20-22-23-21-18)24(14-16-8-3-1-4-9-16)15-17-10-5-2-6-11-17/h16-17H,1-15H2,(H,20,21,22,23). The lowest BCUT2D eigenvalue weighted by Gasteiger charge is -2.35. The van der Waals surface area contributed by atoms with Crippen molar-refractivity contribution in [1.82, 2.24) is 25.5 Å². The van der Waals surface area contributed by atoms with Gasteiger partial charge >= 0.3 is 0 Å². The van der Waals surface area contributed by atoms with Crippen LogP contribution >= 0.6 is 12.2 Å². The molecule has 0 unspecified atom stereocenters. The van der Waals surface area contributed by atoms with Gasteiger partial charge in [0.25, 0.3) is 0 Å². The quantitative estimate of drug-likeness (QED) is 0.697. The highest BCUT2D eigenvalue weighted by Gasteiger charge is 2.23. The Hall–Kier alpha value is -1.04. The van der Waals surface area contributed by atoms with Gasteiger partial charge in [-0.25, -0.2) is 0 Å². The van der Waals surface area contributed by atoms with Gasteiger partial charge in [-0.1, -0.05) is 56.0 Å². The Kier molecular flexibility index (Phi) is 7.64. The second-order valence-electron chi connectivity index (χ2n) is 7.99. The van der Waals surface area contributed by atoms with Gasteiger partial charge in [0, 0.05) is 19.5 Å². The van der Waals surface area contributed by atoms with Gasteiger partial charge in [0.15, 0.2) is 5.82 Å². The minimum absolute atomic E-state index is 0.800. The van der Waals surface area contributed by atoms with Crippen molar-refractivity contribution in [2.45, 2.75) is 83.5 Å². The largest absolute Gasteiger partial charge is 0.366 e. The van der Waals surface area contributed by atoms with Crippen molar-refractivity contribution < 1.29 is 0 Å². The molecule has 1 aromatic rings. The van der Waals surface area contributed by atoms with Crippen LogP contribution in [0.1, 0.15) is 82.9 Å². The van der Waals surface area contributed by atoms with Crippen LogP contribution in [0.25, 0.3) is 0 Å². The van der Waals surface area contributed by atoms with Crippen molar-refractivity contribution in [2.24, 2.45) is 11.8 Å². The van der Waals surface area contributed by atoms with E-state index in [2.05, 4.69) is 25.5 Å². The first kappa shape index (κ1) is 18.7. The molecule has 0 radical (unpaired) electrons. The number of thiocarbonyl (C=S) groups is 1. The number of rotatable bonds is 8. The molecule has 0 saturated heterocycles. The van der Waals surface area contributed by atoms with Gasteiger partial charge in [0.05, 0.1) is 4.99 Å². The predicted octanol–water partition coefficient (Wildman–Crippen LogP) is 4.31. The lowest BCUT2D eigenvalue weighted by molar-refractivity contribution is 0.225. The predicted molar refractivity (Wildman–Crippen MR) is 104 cm³/mol. The van der Waals surface area contributed by atoms with Crippen molar-refractivity contribution in [3.05, 3.63) is 5.82 Å². The third-order valence-electron chi connectivity index (χ3n) is 5.94. The highest BCUT2D eigenvalue weighted by Crippen LogP contribution is 2.28. The lowest BCUT2D eigenvalue weighted by atomic mass is 9.86. The van der Waals surface area contributed by atoms with Gasteiger partial charge in [-0.3, -0.25) is 0 Å². The number of hydrogen-bond donors (Lipinski definition) is 1. The molecule has 0 atom stereocenters. The number of hydrogen-bond acceptors (Lipinski definition) is 4. The summed E-state index contributed by atoms with van der Waals surface area (Å²) in [6.07, 6.45) is 16.9. The second kappa shape index (κ2) is 10.2. The van der Waals surface area contributed by atoms with E-state index in [-0.39, 0.29) is 0 Å². The van der Waals surface area contributed by atoms with Crippen LogP contribution < -0.4 is 0 Å². The maximum absolute atomic E-state index is 5.87. The smallest absolute Gasteiger partial charge is 0.174 e. The van der Waals surface area contributed by atoms with E-state index in [1.165, 1.54) is 82.3 Å². The molecule has 2 aliphatic rings. The SMILES string of the molecule is S=C(CCCc1nn[nH]n1)N(CC1CCCCC1)CC1CCCCC1. The summed E-state index contributed by atoms with van der Waals surface area (Å²) in [6, 6.07) is 0. The fourth-order valence-corrected chi connectivity index (χ4v) is 4.78. The van der Waals surface area contributed by atoms with E-state index >= 15 is 0 Å². The van der Waals surface area contributed by atoms with Crippen LogP contribution in [0.15, 0.2) is 0 Å². The van der Waals surface area contributed by atoms with Gasteiger partial charge in [-0.15, -0.1) is 10.2 Å². The normalized spacial score (nSPS) is 19.8. The van der Waals surface area contributed by atoms with E-state index in [9.17, 15) is 0 Å². The molecule has 1 aromatic heterocycles. The summed E-state index contributed by atoms with van der Waals surface area (Å²) < 4.78 is 0. The lowest BCUT2D eigenvalue weighted by Crippen LogP contribution is -2.39. The molecule has 1 N–H and O–H groups in total.